The molecule has 1 aromatic heterocycles. The summed E-state index contributed by atoms with van der Waals surface area (Å²) in [4.78, 5) is 11.0. The van der Waals surface area contributed by atoms with Crippen LogP contribution in [0.4, 0.5) is 0 Å². The number of rotatable bonds is 7. The minimum Gasteiger partial charge on any atom is -0.360 e. The van der Waals surface area contributed by atoms with Crippen LogP contribution in [0.3, 0.4) is 0 Å². The van der Waals surface area contributed by atoms with E-state index in [4.69, 9.17) is 9.98 Å². The third-order valence-electron chi connectivity index (χ3n) is 10.6. The number of fused-ring (bicyclic) bond motifs is 3. The highest BCUT2D eigenvalue weighted by atomic mass is 15.1. The molecule has 2 heterocycles. The van der Waals surface area contributed by atoms with Crippen molar-refractivity contribution in [3.05, 3.63) is 229 Å². The summed E-state index contributed by atoms with van der Waals surface area (Å²) in [5, 5.41) is 7.29. The molecule has 1 N–H and O–H groups in total. The zero-order chi connectivity index (χ0) is 37.3. The standard InChI is InChI=1S/C53H37N3/c1-6-18-36(19-7-1)42-30-43(37-20-8-2-9-21-37)32-44(31-42)49-35-50(56-53(55-49)40-26-14-5-15-27-40)47-33-41-28-16-17-29-45(41)51-46(38-22-10-3-11-23-38)34-48(54-52(47)51)39-24-12-4-13-25-39/h1-35,53,55H. The van der Waals surface area contributed by atoms with E-state index in [-0.39, 0.29) is 6.17 Å². The summed E-state index contributed by atoms with van der Waals surface area (Å²) >= 11 is 0. The third kappa shape index (κ3) is 6.36. The van der Waals surface area contributed by atoms with Gasteiger partial charge in [-0.2, -0.15) is 0 Å². The number of hydrogen-bond donors (Lipinski definition) is 1. The fourth-order valence-corrected chi connectivity index (χ4v) is 7.90. The van der Waals surface area contributed by atoms with Gasteiger partial charge < -0.3 is 5.32 Å². The highest BCUT2D eigenvalue weighted by molar-refractivity contribution is 6.25. The predicted octanol–water partition coefficient (Wildman–Crippen LogP) is 13.2. The van der Waals surface area contributed by atoms with Gasteiger partial charge in [-0.1, -0.05) is 176 Å². The Balaban J connectivity index is 1.25. The van der Waals surface area contributed by atoms with Crippen molar-refractivity contribution in [2.45, 2.75) is 6.17 Å². The lowest BCUT2D eigenvalue weighted by atomic mass is 9.90. The zero-order valence-corrected chi connectivity index (χ0v) is 30.7. The zero-order valence-electron chi connectivity index (χ0n) is 30.7. The molecule has 0 saturated carbocycles. The molecule has 10 rings (SSSR count). The van der Waals surface area contributed by atoms with E-state index in [0.29, 0.717) is 0 Å². The Morgan fingerprint density at radius 2 is 0.929 bits per heavy atom. The SMILES string of the molecule is C1=C(c2cc(-c3ccccc3)cc(-c3ccccc3)c2)NC(c2ccccc2)N=C1c1cc2ccccc2c2c(-c3ccccc3)cc(-c3ccccc3)nc12. The van der Waals surface area contributed by atoms with Crippen molar-refractivity contribution < 1.29 is 0 Å². The number of nitrogens with zero attached hydrogens (tertiary/aromatic N) is 2. The summed E-state index contributed by atoms with van der Waals surface area (Å²) in [7, 11) is 0. The van der Waals surface area contributed by atoms with E-state index in [1.807, 2.05) is 0 Å². The van der Waals surface area contributed by atoms with E-state index in [2.05, 4.69) is 218 Å². The number of hydrogen-bond acceptors (Lipinski definition) is 3. The first-order valence-corrected chi connectivity index (χ1v) is 19.1. The van der Waals surface area contributed by atoms with Gasteiger partial charge in [0.15, 0.2) is 0 Å². The average molecular weight is 716 g/mol. The lowest BCUT2D eigenvalue weighted by molar-refractivity contribution is 0.664. The van der Waals surface area contributed by atoms with Crippen molar-refractivity contribution in [1.29, 1.82) is 0 Å². The molecule has 0 aliphatic carbocycles. The van der Waals surface area contributed by atoms with Crippen LogP contribution >= 0.6 is 0 Å². The Labute approximate surface area is 327 Å². The van der Waals surface area contributed by atoms with Gasteiger partial charge in [0.1, 0.15) is 6.17 Å². The molecule has 1 aliphatic rings. The van der Waals surface area contributed by atoms with Gasteiger partial charge in [0.05, 0.1) is 16.9 Å². The van der Waals surface area contributed by atoms with Crippen molar-refractivity contribution in [2.24, 2.45) is 4.99 Å². The molecule has 0 radical (unpaired) electrons. The van der Waals surface area contributed by atoms with E-state index in [1.165, 1.54) is 16.5 Å². The Hall–Kier alpha value is -7.36. The summed E-state index contributed by atoms with van der Waals surface area (Å²) in [6.07, 6.45) is 1.90. The highest BCUT2D eigenvalue weighted by Crippen LogP contribution is 2.40. The average Bonchev–Trinajstić information content (AvgIpc) is 3.29. The third-order valence-corrected chi connectivity index (χ3v) is 10.6. The first kappa shape index (κ1) is 33.2. The topological polar surface area (TPSA) is 37.3 Å². The Morgan fingerprint density at radius 1 is 0.411 bits per heavy atom. The number of aliphatic imine (C=N–C) groups is 1. The molecule has 1 atom stereocenters. The van der Waals surface area contributed by atoms with Gasteiger partial charge in [0.2, 0.25) is 0 Å². The number of aromatic nitrogens is 1. The van der Waals surface area contributed by atoms with E-state index in [1.54, 1.807) is 0 Å². The molecule has 0 spiro atoms. The van der Waals surface area contributed by atoms with Gasteiger partial charge in [0, 0.05) is 22.2 Å². The smallest absolute Gasteiger partial charge is 0.145 e. The maximum atomic E-state index is 5.53. The highest BCUT2D eigenvalue weighted by Gasteiger charge is 2.24. The van der Waals surface area contributed by atoms with Crippen LogP contribution in [0.1, 0.15) is 22.9 Å². The molecule has 1 aliphatic heterocycles. The number of allylic oxidation sites excluding steroid dienone is 1. The van der Waals surface area contributed by atoms with Crippen LogP contribution in [-0.2, 0) is 0 Å². The molecular weight excluding hydrogens is 679 g/mol. The summed E-state index contributed by atoms with van der Waals surface area (Å²) in [5.74, 6) is 0. The summed E-state index contributed by atoms with van der Waals surface area (Å²) < 4.78 is 0. The van der Waals surface area contributed by atoms with Gasteiger partial charge >= 0.3 is 0 Å². The van der Waals surface area contributed by atoms with Gasteiger partial charge in [-0.05, 0) is 91.7 Å². The van der Waals surface area contributed by atoms with E-state index in [9.17, 15) is 0 Å². The predicted molar refractivity (Wildman–Crippen MR) is 234 cm³/mol. The van der Waals surface area contributed by atoms with Crippen molar-refractivity contribution in [1.82, 2.24) is 10.3 Å². The number of benzene rings is 8. The minimum absolute atomic E-state index is 0.320. The van der Waals surface area contributed by atoms with E-state index < -0.39 is 0 Å². The Bertz CT molecular complexity index is 2840. The normalized spacial score (nSPS) is 13.9. The molecule has 264 valence electrons. The summed E-state index contributed by atoms with van der Waals surface area (Å²) in [5.41, 5.74) is 14.9. The molecule has 8 aromatic carbocycles. The lowest BCUT2D eigenvalue weighted by Gasteiger charge is -2.26. The van der Waals surface area contributed by atoms with Crippen molar-refractivity contribution >= 4 is 33.1 Å². The monoisotopic (exact) mass is 715 g/mol. The quantitative estimate of drug-likeness (QED) is 0.167. The second kappa shape index (κ2) is 14.5. The Morgan fingerprint density at radius 3 is 1.55 bits per heavy atom. The number of nitrogens with one attached hydrogen (secondary N) is 1. The summed E-state index contributed by atoms with van der Waals surface area (Å²) in [6, 6.07) is 73.0. The second-order valence-corrected chi connectivity index (χ2v) is 14.2. The van der Waals surface area contributed by atoms with Gasteiger partial charge in [0.25, 0.3) is 0 Å². The molecule has 0 fully saturated rings. The van der Waals surface area contributed by atoms with Gasteiger partial charge in [-0.3, -0.25) is 4.99 Å². The van der Waals surface area contributed by atoms with Crippen LogP contribution in [-0.4, -0.2) is 10.7 Å². The first-order valence-electron chi connectivity index (χ1n) is 19.1. The molecule has 3 heteroatoms. The van der Waals surface area contributed by atoms with Crippen LogP contribution in [0, 0.1) is 0 Å². The minimum atomic E-state index is -0.320. The molecule has 9 aromatic rings. The molecule has 56 heavy (non-hydrogen) atoms. The fourth-order valence-electron chi connectivity index (χ4n) is 7.90. The molecule has 0 saturated heterocycles. The second-order valence-electron chi connectivity index (χ2n) is 14.2. The molecule has 1 unspecified atom stereocenters. The van der Waals surface area contributed by atoms with Gasteiger partial charge in [-0.15, -0.1) is 0 Å². The molecular formula is C53H37N3. The fraction of sp³-hybridized carbons (Fsp3) is 0.0189. The van der Waals surface area contributed by atoms with Crippen LogP contribution in [0.25, 0.3) is 72.0 Å². The first-order chi connectivity index (χ1) is 27.7. The molecule has 0 amide bonds. The van der Waals surface area contributed by atoms with Crippen molar-refractivity contribution in [2.75, 3.05) is 0 Å². The van der Waals surface area contributed by atoms with Crippen molar-refractivity contribution in [3.8, 4) is 44.6 Å². The van der Waals surface area contributed by atoms with Crippen LogP contribution < -0.4 is 5.32 Å². The van der Waals surface area contributed by atoms with Crippen LogP contribution in [0.2, 0.25) is 0 Å². The maximum absolute atomic E-state index is 5.53. The van der Waals surface area contributed by atoms with Crippen molar-refractivity contribution in [3.63, 3.8) is 0 Å². The lowest BCUT2D eigenvalue weighted by Crippen LogP contribution is -2.25. The largest absolute Gasteiger partial charge is 0.360 e. The van der Waals surface area contributed by atoms with Crippen LogP contribution in [0.5, 0.6) is 0 Å². The van der Waals surface area contributed by atoms with Crippen LogP contribution in [0.15, 0.2) is 217 Å². The molecule has 0 bridgehead atoms. The summed E-state index contributed by atoms with van der Waals surface area (Å²) in [6.45, 7) is 0. The van der Waals surface area contributed by atoms with Gasteiger partial charge in [-0.25, -0.2) is 4.98 Å². The van der Waals surface area contributed by atoms with E-state index >= 15 is 0 Å². The maximum Gasteiger partial charge on any atom is 0.145 e. The Kier molecular flexibility index (Phi) is 8.58. The molecule has 3 nitrogen and oxygen atoms in total. The van der Waals surface area contributed by atoms with E-state index in [0.717, 1.165) is 77.9 Å². The number of pyridine rings is 1.